The summed E-state index contributed by atoms with van der Waals surface area (Å²) in [4.78, 5) is 21.8. The molecule has 0 saturated carbocycles. The lowest BCUT2D eigenvalue weighted by Gasteiger charge is -2.13. The van der Waals surface area contributed by atoms with E-state index in [4.69, 9.17) is 0 Å². The highest BCUT2D eigenvalue weighted by molar-refractivity contribution is 7.17. The zero-order valence-electron chi connectivity index (χ0n) is 14.7. The Hall–Kier alpha value is -2.60. The first kappa shape index (κ1) is 18.2. The number of amides is 1. The minimum Gasteiger partial charge on any atom is -0.349 e. The van der Waals surface area contributed by atoms with Gasteiger partial charge in [-0.2, -0.15) is 0 Å². The monoisotopic (exact) mass is 369 g/mol. The second-order valence-electron chi connectivity index (χ2n) is 6.21. The zero-order valence-corrected chi connectivity index (χ0v) is 15.5. The van der Waals surface area contributed by atoms with E-state index in [1.165, 1.54) is 23.5 Å². The predicted molar refractivity (Wildman–Crippen MR) is 102 cm³/mol. The third-order valence-electron chi connectivity index (χ3n) is 4.07. The summed E-state index contributed by atoms with van der Waals surface area (Å²) in [5.41, 5.74) is 2.68. The molecule has 1 amide bonds. The van der Waals surface area contributed by atoms with Gasteiger partial charge in [0.25, 0.3) is 5.91 Å². The smallest absolute Gasteiger partial charge is 0.263 e. The van der Waals surface area contributed by atoms with E-state index in [-0.39, 0.29) is 17.8 Å². The van der Waals surface area contributed by atoms with Crippen LogP contribution in [0.25, 0.3) is 10.6 Å². The Kier molecular flexibility index (Phi) is 5.73. The molecule has 1 atom stereocenters. The fraction of sp³-hybridized carbons (Fsp3) is 0.250. The molecule has 134 valence electrons. The van der Waals surface area contributed by atoms with Crippen LogP contribution in [0, 0.1) is 12.7 Å². The second kappa shape index (κ2) is 8.19. The Balaban J connectivity index is 1.60. The molecule has 0 aliphatic heterocycles. The summed E-state index contributed by atoms with van der Waals surface area (Å²) in [6.07, 6.45) is 5.01. The van der Waals surface area contributed by atoms with E-state index in [1.807, 2.05) is 26.0 Å². The van der Waals surface area contributed by atoms with Crippen molar-refractivity contribution in [3.05, 3.63) is 70.7 Å². The second-order valence-corrected chi connectivity index (χ2v) is 7.21. The molecule has 2 heterocycles. The molecule has 0 aliphatic carbocycles. The van der Waals surface area contributed by atoms with Crippen molar-refractivity contribution in [2.75, 3.05) is 0 Å². The number of thiazole rings is 1. The summed E-state index contributed by atoms with van der Waals surface area (Å²) in [5, 5.41) is 3.82. The van der Waals surface area contributed by atoms with Crippen molar-refractivity contribution < 1.29 is 9.18 Å². The molecule has 6 heteroatoms. The Bertz CT molecular complexity index is 878. The van der Waals surface area contributed by atoms with Gasteiger partial charge in [0.05, 0.1) is 5.69 Å². The maximum absolute atomic E-state index is 12.9. The first-order valence-corrected chi connectivity index (χ1v) is 9.27. The lowest BCUT2D eigenvalue weighted by Crippen LogP contribution is -2.32. The van der Waals surface area contributed by atoms with Crippen molar-refractivity contribution in [2.24, 2.45) is 0 Å². The van der Waals surface area contributed by atoms with E-state index in [0.29, 0.717) is 4.88 Å². The van der Waals surface area contributed by atoms with E-state index in [2.05, 4.69) is 15.3 Å². The first-order chi connectivity index (χ1) is 12.5. The Morgan fingerprint density at radius 1 is 1.27 bits per heavy atom. The Labute approximate surface area is 156 Å². The van der Waals surface area contributed by atoms with Crippen molar-refractivity contribution in [2.45, 2.75) is 32.7 Å². The number of benzene rings is 1. The summed E-state index contributed by atoms with van der Waals surface area (Å²) in [6, 6.07) is 10.3. The first-order valence-electron chi connectivity index (χ1n) is 8.46. The molecule has 0 saturated heterocycles. The SMILES string of the molecule is Cc1nc(-c2cccnc2)sc1C(=O)N[C@H](C)CCc1ccc(F)cc1. The number of aromatic nitrogens is 2. The van der Waals surface area contributed by atoms with Gasteiger partial charge in [0, 0.05) is 24.0 Å². The minimum absolute atomic E-state index is 0.0101. The third-order valence-corrected chi connectivity index (χ3v) is 5.27. The van der Waals surface area contributed by atoms with E-state index in [9.17, 15) is 9.18 Å². The fourth-order valence-electron chi connectivity index (χ4n) is 2.62. The van der Waals surface area contributed by atoms with Gasteiger partial charge < -0.3 is 5.32 Å². The van der Waals surface area contributed by atoms with Crippen LogP contribution in [0.2, 0.25) is 0 Å². The van der Waals surface area contributed by atoms with E-state index >= 15 is 0 Å². The molecule has 0 bridgehead atoms. The zero-order chi connectivity index (χ0) is 18.5. The minimum atomic E-state index is -0.236. The lowest BCUT2D eigenvalue weighted by atomic mass is 10.1. The normalized spacial score (nSPS) is 12.0. The number of hydrogen-bond acceptors (Lipinski definition) is 4. The molecule has 0 radical (unpaired) electrons. The number of rotatable bonds is 6. The lowest BCUT2D eigenvalue weighted by molar-refractivity contribution is 0.0942. The number of nitrogens with zero attached hydrogens (tertiary/aromatic N) is 2. The van der Waals surface area contributed by atoms with Crippen LogP contribution < -0.4 is 5.32 Å². The van der Waals surface area contributed by atoms with Crippen molar-refractivity contribution in [1.82, 2.24) is 15.3 Å². The van der Waals surface area contributed by atoms with Crippen LogP contribution in [0.15, 0.2) is 48.8 Å². The van der Waals surface area contributed by atoms with Crippen LogP contribution >= 0.6 is 11.3 Å². The summed E-state index contributed by atoms with van der Waals surface area (Å²) in [5.74, 6) is -0.345. The van der Waals surface area contributed by atoms with Gasteiger partial charge in [-0.15, -0.1) is 11.3 Å². The Morgan fingerprint density at radius 2 is 2.04 bits per heavy atom. The van der Waals surface area contributed by atoms with Crippen molar-refractivity contribution in [3.8, 4) is 10.6 Å². The quantitative estimate of drug-likeness (QED) is 0.700. The number of carbonyl (C=O) groups excluding carboxylic acids is 1. The van der Waals surface area contributed by atoms with Crippen LogP contribution in [0.3, 0.4) is 0 Å². The van der Waals surface area contributed by atoms with E-state index in [0.717, 1.165) is 34.7 Å². The molecular weight excluding hydrogens is 349 g/mol. The van der Waals surface area contributed by atoms with Crippen LogP contribution in [-0.2, 0) is 6.42 Å². The number of aryl methyl sites for hydroxylation is 2. The van der Waals surface area contributed by atoms with Crippen molar-refractivity contribution in [1.29, 1.82) is 0 Å². The highest BCUT2D eigenvalue weighted by atomic mass is 32.1. The molecule has 0 spiro atoms. The van der Waals surface area contributed by atoms with E-state index in [1.54, 1.807) is 24.5 Å². The number of carbonyl (C=O) groups is 1. The van der Waals surface area contributed by atoms with Gasteiger partial charge in [-0.3, -0.25) is 9.78 Å². The van der Waals surface area contributed by atoms with Gasteiger partial charge in [-0.05, 0) is 56.5 Å². The Morgan fingerprint density at radius 3 is 2.73 bits per heavy atom. The number of hydrogen-bond donors (Lipinski definition) is 1. The highest BCUT2D eigenvalue weighted by Crippen LogP contribution is 2.27. The maximum Gasteiger partial charge on any atom is 0.263 e. The fourth-order valence-corrected chi connectivity index (χ4v) is 3.58. The maximum atomic E-state index is 12.9. The van der Waals surface area contributed by atoms with E-state index < -0.39 is 0 Å². The molecule has 1 aromatic carbocycles. The summed E-state index contributed by atoms with van der Waals surface area (Å²) in [7, 11) is 0. The molecule has 3 rings (SSSR count). The number of halogens is 1. The standard InChI is InChI=1S/C20H20FN3OS/c1-13(5-6-15-7-9-17(21)10-8-15)23-19(25)18-14(2)24-20(26-18)16-4-3-11-22-12-16/h3-4,7-13H,5-6H2,1-2H3,(H,23,25)/t13-/m1/s1. The highest BCUT2D eigenvalue weighted by Gasteiger charge is 2.18. The average Bonchev–Trinajstić information content (AvgIpc) is 3.04. The number of pyridine rings is 1. The van der Waals surface area contributed by atoms with Crippen LogP contribution in [0.4, 0.5) is 4.39 Å². The molecule has 3 aromatic rings. The summed E-state index contributed by atoms with van der Waals surface area (Å²) < 4.78 is 12.9. The summed E-state index contributed by atoms with van der Waals surface area (Å²) in [6.45, 7) is 3.81. The van der Waals surface area contributed by atoms with Gasteiger partial charge in [0.1, 0.15) is 15.7 Å². The average molecular weight is 369 g/mol. The van der Waals surface area contributed by atoms with Gasteiger partial charge in [-0.1, -0.05) is 12.1 Å². The van der Waals surface area contributed by atoms with Gasteiger partial charge >= 0.3 is 0 Å². The molecule has 1 N–H and O–H groups in total. The summed E-state index contributed by atoms with van der Waals surface area (Å²) >= 11 is 1.37. The van der Waals surface area contributed by atoms with Crippen LogP contribution in [-0.4, -0.2) is 21.9 Å². The molecule has 2 aromatic heterocycles. The van der Waals surface area contributed by atoms with Gasteiger partial charge in [0.15, 0.2) is 0 Å². The van der Waals surface area contributed by atoms with Gasteiger partial charge in [0.2, 0.25) is 0 Å². The molecule has 0 aliphatic rings. The molecule has 26 heavy (non-hydrogen) atoms. The number of nitrogens with one attached hydrogen (secondary N) is 1. The molecule has 0 unspecified atom stereocenters. The third kappa shape index (κ3) is 4.52. The predicted octanol–water partition coefficient (Wildman–Crippen LogP) is 4.40. The molecular formula is C20H20FN3OS. The van der Waals surface area contributed by atoms with Crippen molar-refractivity contribution in [3.63, 3.8) is 0 Å². The molecule has 4 nitrogen and oxygen atoms in total. The molecule has 0 fully saturated rings. The largest absolute Gasteiger partial charge is 0.349 e. The van der Waals surface area contributed by atoms with Crippen LogP contribution in [0.5, 0.6) is 0 Å². The van der Waals surface area contributed by atoms with Gasteiger partial charge in [-0.25, -0.2) is 9.37 Å². The topological polar surface area (TPSA) is 54.9 Å². The van der Waals surface area contributed by atoms with Crippen molar-refractivity contribution >= 4 is 17.2 Å². The van der Waals surface area contributed by atoms with Crippen LogP contribution in [0.1, 0.15) is 34.3 Å².